The molecular weight excluding hydrogens is 326 g/mol. The maximum absolute atomic E-state index is 12.3. The summed E-state index contributed by atoms with van der Waals surface area (Å²) in [5.41, 5.74) is 0. The largest absolute Gasteiger partial charge is 0.385 e. The number of carbonyl (C=O) groups excluding carboxylic acids is 1. The fraction of sp³-hybridized carbons (Fsp3) is 0.500. The lowest BCUT2D eigenvalue weighted by molar-refractivity contribution is -0.130. The van der Waals surface area contributed by atoms with E-state index in [1.165, 1.54) is 11.8 Å². The highest BCUT2D eigenvalue weighted by molar-refractivity contribution is 7.99. The molecule has 1 fully saturated rings. The van der Waals surface area contributed by atoms with Crippen molar-refractivity contribution < 1.29 is 9.90 Å². The minimum absolute atomic E-state index is 0.0948. The summed E-state index contributed by atoms with van der Waals surface area (Å²) in [5, 5.41) is 11.1. The van der Waals surface area contributed by atoms with Gasteiger partial charge in [0.25, 0.3) is 0 Å². The first-order valence-electron chi connectivity index (χ1n) is 7.98. The second kappa shape index (κ2) is 7.76. The molecule has 7 nitrogen and oxygen atoms in total. The Labute approximate surface area is 145 Å². The van der Waals surface area contributed by atoms with Gasteiger partial charge in [-0.1, -0.05) is 11.8 Å². The third-order valence-electron chi connectivity index (χ3n) is 4.33. The first-order chi connectivity index (χ1) is 11.6. The molecule has 1 amide bonds. The predicted molar refractivity (Wildman–Crippen MR) is 90.2 cm³/mol. The molecule has 2 aromatic rings. The van der Waals surface area contributed by atoms with E-state index in [9.17, 15) is 9.90 Å². The number of likely N-dealkylation sites (tertiary alicyclic amines) is 1. The van der Waals surface area contributed by atoms with Crippen LogP contribution >= 0.6 is 11.8 Å². The molecule has 1 unspecified atom stereocenters. The molecule has 3 heterocycles. The van der Waals surface area contributed by atoms with Crippen LogP contribution in [0.25, 0.3) is 0 Å². The Balaban J connectivity index is 1.48. The number of rotatable bonds is 5. The van der Waals surface area contributed by atoms with Gasteiger partial charge in [-0.3, -0.25) is 4.79 Å². The van der Waals surface area contributed by atoms with Crippen molar-refractivity contribution in [1.29, 1.82) is 0 Å². The fourth-order valence-corrected chi connectivity index (χ4v) is 3.62. The molecule has 1 aliphatic rings. The van der Waals surface area contributed by atoms with Crippen molar-refractivity contribution in [1.82, 2.24) is 24.4 Å². The van der Waals surface area contributed by atoms with E-state index < -0.39 is 6.10 Å². The quantitative estimate of drug-likeness (QED) is 0.648. The highest BCUT2D eigenvalue weighted by atomic mass is 32.2. The molecule has 2 aromatic heterocycles. The number of aryl methyl sites for hydroxylation is 1. The van der Waals surface area contributed by atoms with E-state index in [0.717, 1.165) is 12.8 Å². The number of thioether (sulfide) groups is 1. The maximum atomic E-state index is 12.3. The predicted octanol–water partition coefficient (Wildman–Crippen LogP) is 1.27. The lowest BCUT2D eigenvalue weighted by atomic mass is 9.90. The second-order valence-corrected chi connectivity index (χ2v) is 6.82. The summed E-state index contributed by atoms with van der Waals surface area (Å²) in [5.74, 6) is 1.27. The van der Waals surface area contributed by atoms with Crippen LogP contribution in [0.5, 0.6) is 0 Å². The van der Waals surface area contributed by atoms with Crippen molar-refractivity contribution in [3.63, 3.8) is 0 Å². The van der Waals surface area contributed by atoms with Crippen LogP contribution in [-0.2, 0) is 11.8 Å². The van der Waals surface area contributed by atoms with Crippen LogP contribution in [0.4, 0.5) is 0 Å². The molecule has 24 heavy (non-hydrogen) atoms. The van der Waals surface area contributed by atoms with Crippen molar-refractivity contribution in [2.24, 2.45) is 13.0 Å². The van der Waals surface area contributed by atoms with E-state index in [1.807, 2.05) is 22.7 Å². The van der Waals surface area contributed by atoms with Crippen LogP contribution in [-0.4, -0.2) is 54.3 Å². The first kappa shape index (κ1) is 16.9. The Morgan fingerprint density at radius 1 is 1.29 bits per heavy atom. The van der Waals surface area contributed by atoms with Gasteiger partial charge in [0, 0.05) is 44.9 Å². The van der Waals surface area contributed by atoms with Crippen molar-refractivity contribution in [3.05, 3.63) is 36.7 Å². The van der Waals surface area contributed by atoms with Gasteiger partial charge in [-0.2, -0.15) is 0 Å². The molecule has 0 aliphatic carbocycles. The number of hydrogen-bond acceptors (Lipinski definition) is 6. The van der Waals surface area contributed by atoms with Gasteiger partial charge in [-0.05, 0) is 24.8 Å². The van der Waals surface area contributed by atoms with Gasteiger partial charge >= 0.3 is 0 Å². The van der Waals surface area contributed by atoms with Crippen LogP contribution in [0.2, 0.25) is 0 Å². The maximum Gasteiger partial charge on any atom is 0.233 e. The van der Waals surface area contributed by atoms with Gasteiger partial charge in [0.15, 0.2) is 5.16 Å². The van der Waals surface area contributed by atoms with Gasteiger partial charge in [0.2, 0.25) is 5.91 Å². The van der Waals surface area contributed by atoms with Crippen molar-refractivity contribution in [2.75, 3.05) is 18.8 Å². The first-order valence-corrected chi connectivity index (χ1v) is 8.96. The highest BCUT2D eigenvalue weighted by Gasteiger charge is 2.30. The van der Waals surface area contributed by atoms with Gasteiger partial charge in [-0.15, -0.1) is 0 Å². The topological polar surface area (TPSA) is 84.1 Å². The van der Waals surface area contributed by atoms with E-state index in [0.29, 0.717) is 29.8 Å². The monoisotopic (exact) mass is 347 g/mol. The van der Waals surface area contributed by atoms with Crippen LogP contribution in [0.15, 0.2) is 36.0 Å². The zero-order chi connectivity index (χ0) is 16.9. The van der Waals surface area contributed by atoms with Crippen molar-refractivity contribution >= 4 is 17.7 Å². The van der Waals surface area contributed by atoms with E-state index in [-0.39, 0.29) is 11.8 Å². The lowest BCUT2D eigenvalue weighted by Crippen LogP contribution is -2.40. The molecular formula is C16H21N5O2S. The minimum atomic E-state index is -0.575. The molecule has 0 radical (unpaired) electrons. The average Bonchev–Trinajstić information content (AvgIpc) is 3.06. The zero-order valence-corrected chi connectivity index (χ0v) is 14.4. The molecule has 0 spiro atoms. The summed E-state index contributed by atoms with van der Waals surface area (Å²) in [7, 11) is 1.88. The van der Waals surface area contributed by atoms with Crippen LogP contribution in [0, 0.1) is 5.92 Å². The van der Waals surface area contributed by atoms with E-state index in [4.69, 9.17) is 0 Å². The standard InChI is InChI=1S/C16H21N5O2S/c1-20-10-7-17-15(20)14(23)12-3-8-21(9-4-12)13(22)11-24-16-18-5-2-6-19-16/h2,5-7,10,12,14,23H,3-4,8-9,11H2,1H3. The Bertz CT molecular complexity index is 670. The van der Waals surface area contributed by atoms with Gasteiger partial charge in [-0.25, -0.2) is 15.0 Å². The SMILES string of the molecule is Cn1ccnc1C(O)C1CCN(C(=O)CSc2ncccn2)CC1. The Morgan fingerprint density at radius 3 is 2.62 bits per heavy atom. The highest BCUT2D eigenvalue weighted by Crippen LogP contribution is 2.30. The number of amides is 1. The summed E-state index contributed by atoms with van der Waals surface area (Å²) in [4.78, 5) is 26.6. The average molecular weight is 347 g/mol. The molecule has 8 heteroatoms. The van der Waals surface area contributed by atoms with Crippen LogP contribution in [0.1, 0.15) is 24.8 Å². The second-order valence-electron chi connectivity index (χ2n) is 5.88. The fourth-order valence-electron chi connectivity index (χ4n) is 2.92. The third kappa shape index (κ3) is 3.93. The summed E-state index contributed by atoms with van der Waals surface area (Å²) < 4.78 is 1.85. The molecule has 1 N–H and O–H groups in total. The summed E-state index contributed by atoms with van der Waals surface area (Å²) in [6.07, 6.45) is 7.86. The number of aliphatic hydroxyl groups is 1. The lowest BCUT2D eigenvalue weighted by Gasteiger charge is -2.34. The molecule has 0 bridgehead atoms. The number of imidazole rings is 1. The summed E-state index contributed by atoms with van der Waals surface area (Å²) in [6, 6.07) is 1.75. The molecule has 128 valence electrons. The number of aromatic nitrogens is 4. The number of piperidine rings is 1. The summed E-state index contributed by atoms with van der Waals surface area (Å²) >= 11 is 1.35. The van der Waals surface area contributed by atoms with Gasteiger partial charge in [0.1, 0.15) is 11.9 Å². The molecule has 1 atom stereocenters. The van der Waals surface area contributed by atoms with Crippen LogP contribution < -0.4 is 0 Å². The Morgan fingerprint density at radius 2 is 2.00 bits per heavy atom. The van der Waals surface area contributed by atoms with E-state index in [1.54, 1.807) is 24.7 Å². The van der Waals surface area contributed by atoms with Crippen molar-refractivity contribution in [2.45, 2.75) is 24.1 Å². The molecule has 0 aromatic carbocycles. The molecule has 1 aliphatic heterocycles. The Hall–Kier alpha value is -1.93. The number of aliphatic hydroxyl groups excluding tert-OH is 1. The number of nitrogens with zero attached hydrogens (tertiary/aromatic N) is 5. The zero-order valence-electron chi connectivity index (χ0n) is 13.6. The van der Waals surface area contributed by atoms with Crippen LogP contribution in [0.3, 0.4) is 0 Å². The van der Waals surface area contributed by atoms with Gasteiger partial charge in [0.05, 0.1) is 5.75 Å². The van der Waals surface area contributed by atoms with Gasteiger partial charge < -0.3 is 14.6 Å². The number of carbonyl (C=O) groups is 1. The summed E-state index contributed by atoms with van der Waals surface area (Å²) in [6.45, 7) is 1.34. The molecule has 1 saturated heterocycles. The normalized spacial score (nSPS) is 17.0. The minimum Gasteiger partial charge on any atom is -0.385 e. The third-order valence-corrected chi connectivity index (χ3v) is 5.19. The van der Waals surface area contributed by atoms with E-state index in [2.05, 4.69) is 15.0 Å². The Kier molecular flexibility index (Phi) is 5.47. The van der Waals surface area contributed by atoms with E-state index >= 15 is 0 Å². The molecule has 0 saturated carbocycles. The van der Waals surface area contributed by atoms with Crippen molar-refractivity contribution in [3.8, 4) is 0 Å². The smallest absolute Gasteiger partial charge is 0.233 e. The number of hydrogen-bond donors (Lipinski definition) is 1. The molecule has 3 rings (SSSR count).